The van der Waals surface area contributed by atoms with Gasteiger partial charge in [0, 0.05) is 5.69 Å². The van der Waals surface area contributed by atoms with E-state index in [1.807, 2.05) is 0 Å². The maximum absolute atomic E-state index is 11.0. The third kappa shape index (κ3) is 1.76. The first-order chi connectivity index (χ1) is 5.52. The second-order valence-corrected chi connectivity index (χ2v) is 3.23. The number of halogens is 2. The number of hydrogen-bond acceptors (Lipinski definition) is 2. The number of aryl methyl sites for hydroxylation is 1. The average molecular weight is 204 g/mol. The van der Waals surface area contributed by atoms with Crippen LogP contribution in [-0.2, 0) is 0 Å². The molecule has 0 aliphatic heterocycles. The highest BCUT2D eigenvalue weighted by molar-refractivity contribution is 6.39. The molecule has 12 heavy (non-hydrogen) atoms. The minimum Gasteiger partial charge on any atom is -0.294 e. The van der Waals surface area contributed by atoms with Crippen LogP contribution in [0.15, 0.2) is 6.07 Å². The van der Waals surface area contributed by atoms with Gasteiger partial charge in [-0.3, -0.25) is 4.79 Å². The third-order valence-corrected chi connectivity index (χ3v) is 1.98. The van der Waals surface area contributed by atoms with Crippen molar-refractivity contribution >= 4 is 29.0 Å². The lowest BCUT2D eigenvalue weighted by atomic mass is 10.2. The fourth-order valence-electron chi connectivity index (χ4n) is 0.911. The summed E-state index contributed by atoms with van der Waals surface area (Å²) in [6.45, 7) is 3.17. The number of hydrogen-bond donors (Lipinski definition) is 0. The van der Waals surface area contributed by atoms with Crippen molar-refractivity contribution in [2.75, 3.05) is 0 Å². The van der Waals surface area contributed by atoms with Gasteiger partial charge in [0.2, 0.25) is 0 Å². The molecule has 0 radical (unpaired) electrons. The Bertz CT molecular complexity index is 313. The largest absolute Gasteiger partial charge is 0.294 e. The van der Waals surface area contributed by atoms with Crippen LogP contribution >= 0.6 is 23.2 Å². The molecular formula is C8H7Cl2NO. The summed E-state index contributed by atoms with van der Waals surface area (Å²) in [6.07, 6.45) is 0. The molecule has 1 heterocycles. The van der Waals surface area contributed by atoms with E-state index in [1.165, 1.54) is 6.92 Å². The summed E-state index contributed by atoms with van der Waals surface area (Å²) in [5.74, 6) is -0.169. The molecule has 1 aromatic heterocycles. The van der Waals surface area contributed by atoms with Gasteiger partial charge >= 0.3 is 0 Å². The monoisotopic (exact) mass is 203 g/mol. The molecule has 0 amide bonds. The number of pyridine rings is 1. The lowest BCUT2D eigenvalue weighted by Crippen LogP contribution is -1.98. The smallest absolute Gasteiger partial charge is 0.164 e. The lowest BCUT2D eigenvalue weighted by Gasteiger charge is -2.02. The van der Waals surface area contributed by atoms with Crippen LogP contribution in [-0.4, -0.2) is 10.8 Å². The van der Waals surface area contributed by atoms with E-state index in [0.717, 1.165) is 0 Å². The lowest BCUT2D eigenvalue weighted by molar-refractivity contribution is 0.101. The van der Waals surface area contributed by atoms with Gasteiger partial charge in [-0.15, -0.1) is 0 Å². The number of Topliss-reactive ketones (excluding diaryl/α,β-unsaturated/α-hetero) is 1. The maximum atomic E-state index is 11.0. The standard InChI is InChI=1S/C8H7Cl2NO/c1-4-3-6(9)7(5(2)12)8(10)11-4/h3H,1-2H3. The second-order valence-electron chi connectivity index (χ2n) is 2.47. The van der Waals surface area contributed by atoms with Gasteiger partial charge in [-0.2, -0.15) is 0 Å². The van der Waals surface area contributed by atoms with Gasteiger partial charge in [-0.25, -0.2) is 4.98 Å². The average Bonchev–Trinajstić information content (AvgIpc) is 1.82. The number of carbonyl (C=O) groups is 1. The number of ketones is 1. The molecule has 0 saturated carbocycles. The summed E-state index contributed by atoms with van der Waals surface area (Å²) in [4.78, 5) is 14.9. The zero-order valence-electron chi connectivity index (χ0n) is 6.69. The van der Waals surface area contributed by atoms with Gasteiger partial charge in [0.05, 0.1) is 10.6 Å². The molecule has 4 heteroatoms. The molecule has 64 valence electrons. The van der Waals surface area contributed by atoms with E-state index in [4.69, 9.17) is 23.2 Å². The van der Waals surface area contributed by atoms with Crippen LogP contribution in [0.5, 0.6) is 0 Å². The molecule has 1 rings (SSSR count). The van der Waals surface area contributed by atoms with Crippen LogP contribution in [0.3, 0.4) is 0 Å². The van der Waals surface area contributed by atoms with E-state index in [-0.39, 0.29) is 10.9 Å². The Kier molecular flexibility index (Phi) is 2.70. The molecule has 1 aromatic rings. The second kappa shape index (κ2) is 3.42. The quantitative estimate of drug-likeness (QED) is 0.520. The highest BCUT2D eigenvalue weighted by atomic mass is 35.5. The van der Waals surface area contributed by atoms with Crippen LogP contribution in [0.1, 0.15) is 23.0 Å². The molecule has 2 nitrogen and oxygen atoms in total. The minimum absolute atomic E-state index is 0.169. The normalized spacial score (nSPS) is 10.0. The van der Waals surface area contributed by atoms with E-state index in [1.54, 1.807) is 13.0 Å². The van der Waals surface area contributed by atoms with Crippen molar-refractivity contribution in [3.8, 4) is 0 Å². The summed E-state index contributed by atoms with van der Waals surface area (Å²) in [6, 6.07) is 1.62. The number of nitrogens with zero attached hydrogens (tertiary/aromatic N) is 1. The zero-order chi connectivity index (χ0) is 9.30. The van der Waals surface area contributed by atoms with Crippen LogP contribution in [0.4, 0.5) is 0 Å². The number of aromatic nitrogens is 1. The Morgan fingerprint density at radius 2 is 2.08 bits per heavy atom. The first-order valence-corrected chi connectivity index (χ1v) is 4.11. The summed E-state index contributed by atoms with van der Waals surface area (Å²) < 4.78 is 0. The van der Waals surface area contributed by atoms with Crippen LogP contribution in [0, 0.1) is 6.92 Å². The summed E-state index contributed by atoms with van der Waals surface area (Å²) >= 11 is 11.5. The predicted octanol–water partition coefficient (Wildman–Crippen LogP) is 2.90. The van der Waals surface area contributed by atoms with Gasteiger partial charge in [0.15, 0.2) is 5.78 Å². The number of carbonyl (C=O) groups excluding carboxylic acids is 1. The molecule has 0 fully saturated rings. The highest BCUT2D eigenvalue weighted by Gasteiger charge is 2.11. The first kappa shape index (κ1) is 9.49. The van der Waals surface area contributed by atoms with Crippen molar-refractivity contribution in [2.45, 2.75) is 13.8 Å². The Balaban J connectivity index is 3.38. The Morgan fingerprint density at radius 1 is 1.50 bits per heavy atom. The van der Waals surface area contributed by atoms with Crippen molar-refractivity contribution in [2.24, 2.45) is 0 Å². The van der Waals surface area contributed by atoms with Gasteiger partial charge in [0.25, 0.3) is 0 Å². The van der Waals surface area contributed by atoms with E-state index in [9.17, 15) is 4.79 Å². The van der Waals surface area contributed by atoms with Gasteiger partial charge in [0.1, 0.15) is 5.15 Å². The molecular weight excluding hydrogens is 197 g/mol. The molecule has 0 aliphatic rings. The first-order valence-electron chi connectivity index (χ1n) is 3.36. The van der Waals surface area contributed by atoms with Crippen molar-refractivity contribution in [1.82, 2.24) is 4.98 Å². The van der Waals surface area contributed by atoms with Gasteiger partial charge in [-0.05, 0) is 19.9 Å². The molecule has 0 aromatic carbocycles. The third-order valence-electron chi connectivity index (χ3n) is 1.41. The van der Waals surface area contributed by atoms with E-state index < -0.39 is 0 Å². The van der Waals surface area contributed by atoms with E-state index >= 15 is 0 Å². The van der Waals surface area contributed by atoms with Gasteiger partial charge < -0.3 is 0 Å². The fourth-order valence-corrected chi connectivity index (χ4v) is 1.71. The molecule has 0 unspecified atom stereocenters. The molecule has 0 spiro atoms. The molecule has 0 atom stereocenters. The Morgan fingerprint density at radius 3 is 2.50 bits per heavy atom. The molecule has 0 bridgehead atoms. The summed E-state index contributed by atoms with van der Waals surface area (Å²) in [5, 5.41) is 0.535. The van der Waals surface area contributed by atoms with Crippen LogP contribution < -0.4 is 0 Å². The Labute approximate surface area is 80.5 Å². The molecule has 0 aliphatic carbocycles. The van der Waals surface area contributed by atoms with Crippen molar-refractivity contribution in [1.29, 1.82) is 0 Å². The van der Waals surface area contributed by atoms with Crippen molar-refractivity contribution < 1.29 is 4.79 Å². The molecule has 0 N–H and O–H groups in total. The predicted molar refractivity (Wildman–Crippen MR) is 49.0 cm³/mol. The molecule has 0 saturated heterocycles. The van der Waals surface area contributed by atoms with E-state index in [2.05, 4.69) is 4.98 Å². The Hall–Kier alpha value is -0.600. The number of rotatable bonds is 1. The minimum atomic E-state index is -0.169. The van der Waals surface area contributed by atoms with Crippen LogP contribution in [0.2, 0.25) is 10.2 Å². The fraction of sp³-hybridized carbons (Fsp3) is 0.250. The summed E-state index contributed by atoms with van der Waals surface area (Å²) in [5.41, 5.74) is 0.999. The van der Waals surface area contributed by atoms with E-state index in [0.29, 0.717) is 16.3 Å². The van der Waals surface area contributed by atoms with Gasteiger partial charge in [-0.1, -0.05) is 23.2 Å². The SMILES string of the molecule is CC(=O)c1c(Cl)cc(C)nc1Cl. The topological polar surface area (TPSA) is 30.0 Å². The van der Waals surface area contributed by atoms with Crippen molar-refractivity contribution in [3.05, 3.63) is 27.5 Å². The van der Waals surface area contributed by atoms with Crippen LogP contribution in [0.25, 0.3) is 0 Å². The van der Waals surface area contributed by atoms with Crippen molar-refractivity contribution in [3.63, 3.8) is 0 Å². The maximum Gasteiger partial charge on any atom is 0.164 e. The summed E-state index contributed by atoms with van der Waals surface area (Å²) in [7, 11) is 0. The highest BCUT2D eigenvalue weighted by Crippen LogP contribution is 2.23. The zero-order valence-corrected chi connectivity index (χ0v) is 8.20.